The molecule has 0 spiro atoms. The Bertz CT molecular complexity index is 446. The maximum Gasteiger partial charge on any atom is 0.253 e. The summed E-state index contributed by atoms with van der Waals surface area (Å²) in [7, 11) is 0. The first-order valence-corrected chi connectivity index (χ1v) is 6.17. The number of benzene rings is 1. The molecule has 5 heteroatoms. The summed E-state index contributed by atoms with van der Waals surface area (Å²) in [5.41, 5.74) is 0.485. The molecule has 0 aromatic heterocycles. The van der Waals surface area contributed by atoms with Gasteiger partial charge in [-0.15, -0.1) is 0 Å². The Balaban J connectivity index is 1.92. The molecule has 0 saturated carbocycles. The molecule has 0 aliphatic carbocycles. The van der Waals surface area contributed by atoms with Crippen molar-refractivity contribution < 1.29 is 14.6 Å². The third kappa shape index (κ3) is 3.02. The summed E-state index contributed by atoms with van der Waals surface area (Å²) in [6.45, 7) is 3.81. The van der Waals surface area contributed by atoms with Crippen LogP contribution in [-0.2, 0) is 9.53 Å². The molecule has 1 aromatic rings. The monoisotopic (exact) mass is 269 g/mol. The number of hydrogen-bond donors (Lipinski definition) is 2. The summed E-state index contributed by atoms with van der Waals surface area (Å²) in [6, 6.07) is 6.65. The van der Waals surface area contributed by atoms with E-state index in [2.05, 4.69) is 5.32 Å². The second-order valence-corrected chi connectivity index (χ2v) is 5.42. The average Bonchev–Trinajstić information content (AvgIpc) is 2.32. The molecule has 0 bridgehead atoms. The minimum atomic E-state index is -1.19. The number of carbonyl (C=O) groups excluding carboxylic acids is 1. The minimum absolute atomic E-state index is 0.0102. The van der Waals surface area contributed by atoms with Crippen molar-refractivity contribution >= 4 is 17.5 Å². The molecular formula is C13H16ClNO3. The fourth-order valence-corrected chi connectivity index (χ4v) is 1.98. The van der Waals surface area contributed by atoms with Gasteiger partial charge in [-0.2, -0.15) is 0 Å². The fraction of sp³-hybridized carbons (Fsp3) is 0.462. The summed E-state index contributed by atoms with van der Waals surface area (Å²) in [5.74, 6) is -0.412. The van der Waals surface area contributed by atoms with Gasteiger partial charge in [-0.25, -0.2) is 0 Å². The van der Waals surface area contributed by atoms with Crippen LogP contribution in [0.4, 0.5) is 0 Å². The van der Waals surface area contributed by atoms with Gasteiger partial charge in [0.1, 0.15) is 0 Å². The van der Waals surface area contributed by atoms with Gasteiger partial charge in [-0.1, -0.05) is 30.7 Å². The molecule has 18 heavy (non-hydrogen) atoms. The normalized spacial score (nSPS) is 18.8. The molecule has 0 radical (unpaired) electrons. The number of ether oxygens (including phenoxy) is 1. The van der Waals surface area contributed by atoms with E-state index in [-0.39, 0.29) is 5.41 Å². The number of rotatable bonds is 4. The SMILES string of the molecule is CC1(CNC(=O)[C@H](O)c2cccc(Cl)c2)COC1. The lowest BCUT2D eigenvalue weighted by Crippen LogP contribution is -2.49. The van der Waals surface area contributed by atoms with Gasteiger partial charge in [0.25, 0.3) is 5.91 Å². The lowest BCUT2D eigenvalue weighted by Gasteiger charge is -2.38. The van der Waals surface area contributed by atoms with E-state index in [9.17, 15) is 9.90 Å². The van der Waals surface area contributed by atoms with Gasteiger partial charge in [-0.3, -0.25) is 4.79 Å². The van der Waals surface area contributed by atoms with Crippen molar-refractivity contribution in [2.24, 2.45) is 5.41 Å². The summed E-state index contributed by atoms with van der Waals surface area (Å²) in [5, 5.41) is 13.1. The van der Waals surface area contributed by atoms with Gasteiger partial charge in [0.15, 0.2) is 6.10 Å². The van der Waals surface area contributed by atoms with Gasteiger partial charge < -0.3 is 15.2 Å². The van der Waals surface area contributed by atoms with Crippen LogP contribution in [0.2, 0.25) is 5.02 Å². The number of aliphatic hydroxyl groups excluding tert-OH is 1. The molecule has 1 amide bonds. The Morgan fingerprint density at radius 1 is 1.61 bits per heavy atom. The Kier molecular flexibility index (Phi) is 3.90. The van der Waals surface area contributed by atoms with Crippen molar-refractivity contribution in [3.8, 4) is 0 Å². The van der Waals surface area contributed by atoms with Crippen LogP contribution >= 0.6 is 11.6 Å². The van der Waals surface area contributed by atoms with Gasteiger partial charge in [-0.05, 0) is 17.7 Å². The van der Waals surface area contributed by atoms with E-state index in [1.807, 2.05) is 6.92 Å². The summed E-state index contributed by atoms with van der Waals surface area (Å²) in [6.07, 6.45) is -1.19. The number of amides is 1. The minimum Gasteiger partial charge on any atom is -0.380 e. The lowest BCUT2D eigenvalue weighted by atomic mass is 9.88. The maximum absolute atomic E-state index is 11.8. The van der Waals surface area contributed by atoms with Crippen LogP contribution < -0.4 is 5.32 Å². The lowest BCUT2D eigenvalue weighted by molar-refractivity contribution is -0.134. The first-order chi connectivity index (χ1) is 8.50. The van der Waals surface area contributed by atoms with Gasteiger partial charge in [0.05, 0.1) is 13.2 Å². The maximum atomic E-state index is 11.8. The van der Waals surface area contributed by atoms with Gasteiger partial charge >= 0.3 is 0 Å². The van der Waals surface area contributed by atoms with Gasteiger partial charge in [0, 0.05) is 17.0 Å². The zero-order chi connectivity index (χ0) is 13.2. The summed E-state index contributed by atoms with van der Waals surface area (Å²) < 4.78 is 5.10. The third-order valence-electron chi connectivity index (χ3n) is 3.00. The molecular weight excluding hydrogens is 254 g/mol. The fourth-order valence-electron chi connectivity index (χ4n) is 1.78. The van der Waals surface area contributed by atoms with E-state index < -0.39 is 12.0 Å². The smallest absolute Gasteiger partial charge is 0.253 e. The number of carbonyl (C=O) groups is 1. The highest BCUT2D eigenvalue weighted by Crippen LogP contribution is 2.25. The first-order valence-electron chi connectivity index (χ1n) is 5.79. The molecule has 1 fully saturated rings. The highest BCUT2D eigenvalue weighted by atomic mass is 35.5. The largest absolute Gasteiger partial charge is 0.380 e. The van der Waals surface area contributed by atoms with Crippen LogP contribution in [0.5, 0.6) is 0 Å². The van der Waals surface area contributed by atoms with Gasteiger partial charge in [0.2, 0.25) is 0 Å². The summed E-state index contributed by atoms with van der Waals surface area (Å²) in [4.78, 5) is 11.8. The Labute approximate surface area is 111 Å². The molecule has 98 valence electrons. The molecule has 2 rings (SSSR count). The van der Waals surface area contributed by atoms with E-state index in [1.165, 1.54) is 0 Å². The second-order valence-electron chi connectivity index (χ2n) is 4.98. The number of halogens is 1. The number of hydrogen-bond acceptors (Lipinski definition) is 3. The zero-order valence-electron chi connectivity index (χ0n) is 10.1. The third-order valence-corrected chi connectivity index (χ3v) is 3.24. The van der Waals surface area contributed by atoms with Crippen LogP contribution in [0, 0.1) is 5.41 Å². The van der Waals surface area contributed by atoms with Crippen LogP contribution in [-0.4, -0.2) is 30.8 Å². The average molecular weight is 270 g/mol. The second kappa shape index (κ2) is 5.26. The molecule has 1 aromatic carbocycles. The zero-order valence-corrected chi connectivity index (χ0v) is 10.9. The van der Waals surface area contributed by atoms with Crippen molar-refractivity contribution in [1.82, 2.24) is 5.32 Å². The Hall–Kier alpha value is -1.10. The molecule has 0 unspecified atom stereocenters. The van der Waals surface area contributed by atoms with E-state index >= 15 is 0 Å². The van der Waals surface area contributed by atoms with E-state index in [4.69, 9.17) is 16.3 Å². The van der Waals surface area contributed by atoms with E-state index in [0.29, 0.717) is 30.3 Å². The molecule has 4 nitrogen and oxygen atoms in total. The molecule has 1 atom stereocenters. The Morgan fingerprint density at radius 3 is 2.89 bits per heavy atom. The van der Waals surface area contributed by atoms with Crippen LogP contribution in [0.15, 0.2) is 24.3 Å². The molecule has 2 N–H and O–H groups in total. The van der Waals surface area contributed by atoms with Crippen molar-refractivity contribution in [3.63, 3.8) is 0 Å². The molecule has 1 heterocycles. The standard InChI is InChI=1S/C13H16ClNO3/c1-13(7-18-8-13)6-15-12(17)11(16)9-3-2-4-10(14)5-9/h2-5,11,16H,6-8H2,1H3,(H,15,17)/t11-/m1/s1. The summed E-state index contributed by atoms with van der Waals surface area (Å²) >= 11 is 5.82. The van der Waals surface area contributed by atoms with Crippen molar-refractivity contribution in [1.29, 1.82) is 0 Å². The molecule has 1 aliphatic rings. The van der Waals surface area contributed by atoms with E-state index in [0.717, 1.165) is 0 Å². The quantitative estimate of drug-likeness (QED) is 0.871. The number of aliphatic hydroxyl groups is 1. The van der Waals surface area contributed by atoms with Crippen LogP contribution in [0.25, 0.3) is 0 Å². The topological polar surface area (TPSA) is 58.6 Å². The van der Waals surface area contributed by atoms with E-state index in [1.54, 1.807) is 24.3 Å². The van der Waals surface area contributed by atoms with Crippen molar-refractivity contribution in [2.75, 3.05) is 19.8 Å². The molecule has 1 saturated heterocycles. The first kappa shape index (κ1) is 13.3. The van der Waals surface area contributed by atoms with Crippen LogP contribution in [0.3, 0.4) is 0 Å². The van der Waals surface area contributed by atoms with Crippen molar-refractivity contribution in [3.05, 3.63) is 34.9 Å². The predicted octanol–water partition coefficient (Wildman–Crippen LogP) is 1.53. The van der Waals surface area contributed by atoms with Crippen LogP contribution in [0.1, 0.15) is 18.6 Å². The predicted molar refractivity (Wildman–Crippen MR) is 68.3 cm³/mol. The highest BCUT2D eigenvalue weighted by molar-refractivity contribution is 6.30. The highest BCUT2D eigenvalue weighted by Gasteiger charge is 2.34. The van der Waals surface area contributed by atoms with Crippen molar-refractivity contribution in [2.45, 2.75) is 13.0 Å². The molecule has 1 aliphatic heterocycles. The Morgan fingerprint density at radius 2 is 2.33 bits per heavy atom. The number of nitrogens with one attached hydrogen (secondary N) is 1.